The van der Waals surface area contributed by atoms with Gasteiger partial charge in [-0.05, 0) is 36.3 Å². The average molecular weight is 334 g/mol. The number of benzene rings is 1. The van der Waals surface area contributed by atoms with Gasteiger partial charge in [-0.25, -0.2) is 0 Å². The maximum atomic E-state index is 6.00. The Balaban J connectivity index is 2.67. The molecule has 0 aliphatic rings. The van der Waals surface area contributed by atoms with Crippen LogP contribution < -0.4 is 10.7 Å². The highest BCUT2D eigenvalue weighted by molar-refractivity contribution is 7.80. The van der Waals surface area contributed by atoms with Gasteiger partial charge in [0.15, 0.2) is 5.11 Å². The fourth-order valence-corrected chi connectivity index (χ4v) is 1.89. The molecule has 0 amide bonds. The molecule has 7 heteroatoms. The minimum Gasteiger partial charge on any atom is -0.383 e. The Hall–Kier alpha value is -0.880. The van der Waals surface area contributed by atoms with Crippen molar-refractivity contribution in [3.05, 3.63) is 33.8 Å². The molecule has 20 heavy (non-hydrogen) atoms. The second kappa shape index (κ2) is 9.13. The molecule has 0 unspecified atom stereocenters. The van der Waals surface area contributed by atoms with E-state index in [9.17, 15) is 0 Å². The van der Waals surface area contributed by atoms with Crippen LogP contribution in [0, 0.1) is 0 Å². The highest BCUT2D eigenvalue weighted by atomic mass is 35.5. The maximum absolute atomic E-state index is 6.00. The van der Waals surface area contributed by atoms with Gasteiger partial charge in [-0.15, -0.1) is 0 Å². The lowest BCUT2D eigenvalue weighted by Gasteiger charge is -2.09. The standard InChI is InChI=1S/C13H17Cl2N3OS/c1-3-12(9-4-5-10(14)11(15)8-9)17-18-13(20)16-6-7-19-2/h4-5,8H,3,6-7H2,1-2H3,(H2,16,18,20)/b17-12-. The summed E-state index contributed by atoms with van der Waals surface area (Å²) < 4.78 is 4.92. The van der Waals surface area contributed by atoms with Gasteiger partial charge >= 0.3 is 0 Å². The summed E-state index contributed by atoms with van der Waals surface area (Å²) in [5, 5.41) is 8.74. The van der Waals surface area contributed by atoms with Gasteiger partial charge in [0.05, 0.1) is 22.4 Å². The molecule has 0 atom stereocenters. The molecule has 0 fully saturated rings. The highest BCUT2D eigenvalue weighted by Gasteiger charge is 2.05. The van der Waals surface area contributed by atoms with Gasteiger partial charge in [-0.3, -0.25) is 5.43 Å². The van der Waals surface area contributed by atoms with Gasteiger partial charge in [0.2, 0.25) is 0 Å². The summed E-state index contributed by atoms with van der Waals surface area (Å²) in [4.78, 5) is 0. The molecule has 1 aromatic rings. The normalized spacial score (nSPS) is 11.3. The van der Waals surface area contributed by atoms with Crippen molar-refractivity contribution < 1.29 is 4.74 Å². The summed E-state index contributed by atoms with van der Waals surface area (Å²) in [6.45, 7) is 3.22. The number of ether oxygens (including phenoxy) is 1. The third kappa shape index (κ3) is 5.63. The summed E-state index contributed by atoms with van der Waals surface area (Å²) in [6, 6.07) is 5.41. The number of halogens is 2. The number of hydrogen-bond donors (Lipinski definition) is 2. The molecule has 0 radical (unpaired) electrons. The van der Waals surface area contributed by atoms with Crippen molar-refractivity contribution >= 4 is 46.2 Å². The first-order chi connectivity index (χ1) is 9.58. The van der Waals surface area contributed by atoms with Crippen LogP contribution in [0.5, 0.6) is 0 Å². The van der Waals surface area contributed by atoms with Crippen molar-refractivity contribution in [2.45, 2.75) is 13.3 Å². The van der Waals surface area contributed by atoms with E-state index in [0.717, 1.165) is 17.7 Å². The molecule has 2 N–H and O–H groups in total. The number of nitrogens with zero attached hydrogens (tertiary/aromatic N) is 1. The van der Waals surface area contributed by atoms with Gasteiger partial charge in [-0.1, -0.05) is 36.2 Å². The van der Waals surface area contributed by atoms with Gasteiger partial charge in [0.1, 0.15) is 0 Å². The van der Waals surface area contributed by atoms with Crippen LogP contribution in [0.1, 0.15) is 18.9 Å². The molecule has 110 valence electrons. The molecule has 0 aliphatic heterocycles. The van der Waals surface area contributed by atoms with Crippen LogP contribution in [0.4, 0.5) is 0 Å². The van der Waals surface area contributed by atoms with Crippen molar-refractivity contribution in [3.63, 3.8) is 0 Å². The van der Waals surface area contributed by atoms with Crippen LogP contribution in [0.15, 0.2) is 23.3 Å². The van der Waals surface area contributed by atoms with E-state index in [2.05, 4.69) is 15.8 Å². The summed E-state index contributed by atoms with van der Waals surface area (Å²) in [7, 11) is 1.63. The molecule has 0 aromatic heterocycles. The fraction of sp³-hybridized carbons (Fsp3) is 0.385. The number of hydrazone groups is 1. The van der Waals surface area contributed by atoms with Crippen molar-refractivity contribution in [2.24, 2.45) is 5.10 Å². The lowest BCUT2D eigenvalue weighted by atomic mass is 10.1. The Morgan fingerprint density at radius 1 is 1.35 bits per heavy atom. The first kappa shape index (κ1) is 17.2. The van der Waals surface area contributed by atoms with E-state index in [-0.39, 0.29) is 0 Å². The minimum absolute atomic E-state index is 0.452. The molecule has 0 saturated heterocycles. The first-order valence-corrected chi connectivity index (χ1v) is 7.29. The number of methoxy groups -OCH3 is 1. The van der Waals surface area contributed by atoms with E-state index < -0.39 is 0 Å². The van der Waals surface area contributed by atoms with Gasteiger partial charge < -0.3 is 10.1 Å². The lowest BCUT2D eigenvalue weighted by Crippen LogP contribution is -2.34. The molecular weight excluding hydrogens is 317 g/mol. The van der Waals surface area contributed by atoms with E-state index in [4.69, 9.17) is 40.2 Å². The van der Waals surface area contributed by atoms with Crippen molar-refractivity contribution in [3.8, 4) is 0 Å². The SMILES string of the molecule is CC/C(=N/NC(=S)NCCOC)c1ccc(Cl)c(Cl)c1. The molecule has 0 aliphatic carbocycles. The largest absolute Gasteiger partial charge is 0.383 e. The average Bonchev–Trinajstić information content (AvgIpc) is 2.43. The van der Waals surface area contributed by atoms with Crippen molar-refractivity contribution in [1.29, 1.82) is 0 Å². The predicted octanol–water partition coefficient (Wildman–Crippen LogP) is 3.22. The van der Waals surface area contributed by atoms with Crippen molar-refractivity contribution in [2.75, 3.05) is 20.3 Å². The monoisotopic (exact) mass is 333 g/mol. The maximum Gasteiger partial charge on any atom is 0.187 e. The summed E-state index contributed by atoms with van der Waals surface area (Å²) in [6.07, 6.45) is 0.742. The molecule has 1 rings (SSSR count). The van der Waals surface area contributed by atoms with Crippen LogP contribution in [0.25, 0.3) is 0 Å². The third-order valence-corrected chi connectivity index (χ3v) is 3.45. The Morgan fingerprint density at radius 2 is 2.10 bits per heavy atom. The number of nitrogens with one attached hydrogen (secondary N) is 2. The molecule has 0 spiro atoms. The van der Waals surface area contributed by atoms with Crippen LogP contribution in [-0.2, 0) is 4.74 Å². The first-order valence-electron chi connectivity index (χ1n) is 6.13. The Kier molecular flexibility index (Phi) is 7.84. The number of rotatable bonds is 6. The highest BCUT2D eigenvalue weighted by Crippen LogP contribution is 2.23. The Morgan fingerprint density at radius 3 is 2.70 bits per heavy atom. The molecule has 0 bridgehead atoms. The van der Waals surface area contributed by atoms with E-state index in [1.807, 2.05) is 13.0 Å². The summed E-state index contributed by atoms with van der Waals surface area (Å²) in [5.74, 6) is 0. The summed E-state index contributed by atoms with van der Waals surface area (Å²) in [5.41, 5.74) is 4.56. The molecule has 4 nitrogen and oxygen atoms in total. The Labute approximate surface area is 134 Å². The number of hydrogen-bond acceptors (Lipinski definition) is 3. The lowest BCUT2D eigenvalue weighted by molar-refractivity contribution is 0.204. The Bertz CT molecular complexity index is 495. The van der Waals surface area contributed by atoms with Crippen LogP contribution in [-0.4, -0.2) is 31.1 Å². The van der Waals surface area contributed by atoms with Gasteiger partial charge in [-0.2, -0.15) is 5.10 Å². The van der Waals surface area contributed by atoms with E-state index >= 15 is 0 Å². The molecule has 0 saturated carbocycles. The second-order valence-corrected chi connectivity index (χ2v) is 5.12. The number of thiocarbonyl (C=S) groups is 1. The minimum atomic E-state index is 0.452. The van der Waals surface area contributed by atoms with Crippen molar-refractivity contribution in [1.82, 2.24) is 10.7 Å². The zero-order valence-corrected chi connectivity index (χ0v) is 13.7. The van der Waals surface area contributed by atoms with E-state index in [1.165, 1.54) is 0 Å². The molecule has 0 heterocycles. The second-order valence-electron chi connectivity index (χ2n) is 3.90. The molecule has 1 aromatic carbocycles. The van der Waals surface area contributed by atoms with E-state index in [1.54, 1.807) is 19.2 Å². The molecular formula is C13H17Cl2N3OS. The zero-order valence-electron chi connectivity index (χ0n) is 11.4. The van der Waals surface area contributed by atoms with Crippen LogP contribution in [0.3, 0.4) is 0 Å². The van der Waals surface area contributed by atoms with Gasteiger partial charge in [0, 0.05) is 13.7 Å². The summed E-state index contributed by atoms with van der Waals surface area (Å²) >= 11 is 17.0. The van der Waals surface area contributed by atoms with E-state index in [0.29, 0.717) is 28.3 Å². The van der Waals surface area contributed by atoms with Gasteiger partial charge in [0.25, 0.3) is 0 Å². The quantitative estimate of drug-likeness (QED) is 0.363. The van der Waals surface area contributed by atoms with Crippen LogP contribution in [0.2, 0.25) is 10.0 Å². The van der Waals surface area contributed by atoms with Crippen LogP contribution >= 0.6 is 35.4 Å². The topological polar surface area (TPSA) is 45.7 Å². The smallest absolute Gasteiger partial charge is 0.187 e. The predicted molar refractivity (Wildman–Crippen MR) is 88.9 cm³/mol. The third-order valence-electron chi connectivity index (χ3n) is 2.47. The zero-order chi connectivity index (χ0) is 15.0. The fourth-order valence-electron chi connectivity index (χ4n) is 1.45.